The van der Waals surface area contributed by atoms with Crippen LogP contribution in [-0.2, 0) is 11.2 Å². The number of carbonyl (C=O) groups is 1. The first-order valence-corrected chi connectivity index (χ1v) is 8.50. The molecule has 0 saturated carbocycles. The summed E-state index contributed by atoms with van der Waals surface area (Å²) in [5, 5.41) is 3.34. The molecule has 0 spiro atoms. The van der Waals surface area contributed by atoms with E-state index in [1.54, 1.807) is 25.1 Å². The lowest BCUT2D eigenvalue weighted by atomic mass is 10.2. The summed E-state index contributed by atoms with van der Waals surface area (Å²) in [4.78, 5) is 37.9. The lowest BCUT2D eigenvalue weighted by Crippen LogP contribution is -2.37. The van der Waals surface area contributed by atoms with Crippen molar-refractivity contribution in [1.29, 1.82) is 0 Å². The molecule has 2 heterocycles. The van der Waals surface area contributed by atoms with Crippen LogP contribution in [0, 0.1) is 13.8 Å². The molecule has 0 bridgehead atoms. The van der Waals surface area contributed by atoms with Crippen molar-refractivity contribution in [3.8, 4) is 0 Å². The van der Waals surface area contributed by atoms with Gasteiger partial charge in [-0.2, -0.15) is 0 Å². The van der Waals surface area contributed by atoms with Crippen molar-refractivity contribution >= 4 is 16.8 Å². The normalized spacial score (nSPS) is 12.1. The molecule has 0 saturated heterocycles. The van der Waals surface area contributed by atoms with Crippen molar-refractivity contribution < 1.29 is 4.79 Å². The van der Waals surface area contributed by atoms with Gasteiger partial charge in [-0.3, -0.25) is 14.2 Å². The highest BCUT2D eigenvalue weighted by atomic mass is 16.2. The number of amides is 1. The van der Waals surface area contributed by atoms with Crippen LogP contribution in [-0.4, -0.2) is 32.0 Å². The van der Waals surface area contributed by atoms with Gasteiger partial charge in [0.25, 0.3) is 5.56 Å². The Morgan fingerprint density at radius 1 is 1.19 bits per heavy atom. The molecule has 7 heteroatoms. The minimum atomic E-state index is -0.653. The van der Waals surface area contributed by atoms with E-state index in [2.05, 4.69) is 20.3 Å². The lowest BCUT2D eigenvalue weighted by molar-refractivity contribution is -0.123. The van der Waals surface area contributed by atoms with E-state index in [0.717, 1.165) is 11.4 Å². The van der Waals surface area contributed by atoms with Gasteiger partial charge in [-0.05, 0) is 39.0 Å². The van der Waals surface area contributed by atoms with Crippen LogP contribution in [0.5, 0.6) is 0 Å². The molecule has 0 unspecified atom stereocenters. The third-order valence-electron chi connectivity index (χ3n) is 4.16. The number of carbonyl (C=O) groups excluding carboxylic acids is 1. The predicted octanol–water partition coefficient (Wildman–Crippen LogP) is 1.72. The molecule has 0 aliphatic rings. The number of fused-ring (bicyclic) bond motifs is 1. The second-order valence-corrected chi connectivity index (χ2v) is 6.26. The monoisotopic (exact) mass is 351 g/mol. The molecular weight excluding hydrogens is 330 g/mol. The van der Waals surface area contributed by atoms with Gasteiger partial charge in [-0.15, -0.1) is 0 Å². The molecule has 0 radical (unpaired) electrons. The molecule has 7 nitrogen and oxygen atoms in total. The molecule has 0 fully saturated rings. The number of aromatic nitrogens is 4. The Kier molecular flexibility index (Phi) is 5.06. The van der Waals surface area contributed by atoms with Crippen molar-refractivity contribution in [2.45, 2.75) is 33.2 Å². The molecule has 1 N–H and O–H groups in total. The number of hydrogen-bond acceptors (Lipinski definition) is 5. The average molecular weight is 351 g/mol. The number of nitrogens with one attached hydrogen (secondary N) is 1. The quantitative estimate of drug-likeness (QED) is 0.756. The van der Waals surface area contributed by atoms with E-state index >= 15 is 0 Å². The third kappa shape index (κ3) is 3.77. The minimum Gasteiger partial charge on any atom is -0.354 e. The fraction of sp³-hybridized carbons (Fsp3) is 0.316. The first-order valence-electron chi connectivity index (χ1n) is 8.50. The highest BCUT2D eigenvalue weighted by molar-refractivity contribution is 5.81. The van der Waals surface area contributed by atoms with Crippen LogP contribution in [0.2, 0.25) is 0 Å². The lowest BCUT2D eigenvalue weighted by Gasteiger charge is -2.15. The van der Waals surface area contributed by atoms with Crippen molar-refractivity contribution in [2.75, 3.05) is 6.54 Å². The number of hydrogen-bond donors (Lipinski definition) is 1. The highest BCUT2D eigenvalue weighted by Crippen LogP contribution is 2.08. The predicted molar refractivity (Wildman–Crippen MR) is 98.9 cm³/mol. The van der Waals surface area contributed by atoms with Gasteiger partial charge in [-0.1, -0.05) is 12.1 Å². The van der Waals surface area contributed by atoms with Gasteiger partial charge in [0, 0.05) is 24.4 Å². The van der Waals surface area contributed by atoms with Crippen LogP contribution < -0.4 is 10.9 Å². The summed E-state index contributed by atoms with van der Waals surface area (Å²) in [5.74, 6) is 0.452. The minimum absolute atomic E-state index is 0.226. The molecule has 1 aromatic carbocycles. The van der Waals surface area contributed by atoms with Gasteiger partial charge in [-0.25, -0.2) is 15.0 Å². The second-order valence-electron chi connectivity index (χ2n) is 6.26. The molecule has 1 atom stereocenters. The van der Waals surface area contributed by atoms with Gasteiger partial charge < -0.3 is 5.32 Å². The number of para-hydroxylation sites is 1. The number of benzene rings is 1. The second kappa shape index (κ2) is 7.43. The van der Waals surface area contributed by atoms with Crippen LogP contribution in [0.4, 0.5) is 0 Å². The smallest absolute Gasteiger partial charge is 0.261 e. The van der Waals surface area contributed by atoms with Crippen molar-refractivity contribution in [1.82, 2.24) is 24.8 Å². The van der Waals surface area contributed by atoms with E-state index < -0.39 is 6.04 Å². The molecule has 26 heavy (non-hydrogen) atoms. The summed E-state index contributed by atoms with van der Waals surface area (Å²) in [6.45, 7) is 5.91. The van der Waals surface area contributed by atoms with Gasteiger partial charge in [0.15, 0.2) is 0 Å². The standard InChI is InChI=1S/C19H21N5O2/c1-12-10-13(2)23-17(22-12)8-9-20-18(25)14(3)24-11-21-16-7-5-4-6-15(16)19(24)26/h4-7,10-11,14H,8-9H2,1-3H3,(H,20,25)/t14-/m0/s1. The summed E-state index contributed by atoms with van der Waals surface area (Å²) in [5.41, 5.74) is 2.20. The van der Waals surface area contributed by atoms with Crippen LogP contribution >= 0.6 is 0 Å². The zero-order chi connectivity index (χ0) is 18.7. The Hall–Kier alpha value is -3.09. The van der Waals surface area contributed by atoms with Crippen LogP contribution in [0.15, 0.2) is 41.5 Å². The van der Waals surface area contributed by atoms with Crippen molar-refractivity contribution in [3.63, 3.8) is 0 Å². The number of nitrogens with zero attached hydrogens (tertiary/aromatic N) is 4. The van der Waals surface area contributed by atoms with Crippen LogP contribution in [0.3, 0.4) is 0 Å². The van der Waals surface area contributed by atoms with Crippen molar-refractivity contribution in [3.05, 3.63) is 64.2 Å². The molecule has 3 rings (SSSR count). The van der Waals surface area contributed by atoms with Crippen LogP contribution in [0.1, 0.15) is 30.2 Å². The van der Waals surface area contributed by atoms with E-state index in [-0.39, 0.29) is 11.5 Å². The maximum absolute atomic E-state index is 12.6. The fourth-order valence-electron chi connectivity index (χ4n) is 2.84. The maximum atomic E-state index is 12.6. The topological polar surface area (TPSA) is 89.8 Å². The van der Waals surface area contributed by atoms with Gasteiger partial charge in [0.05, 0.1) is 17.2 Å². The first kappa shape index (κ1) is 17.7. The summed E-state index contributed by atoms with van der Waals surface area (Å²) in [7, 11) is 0. The highest BCUT2D eigenvalue weighted by Gasteiger charge is 2.17. The molecule has 0 aliphatic heterocycles. The Morgan fingerprint density at radius 2 is 1.88 bits per heavy atom. The number of aryl methyl sites for hydroxylation is 2. The molecule has 1 amide bonds. The molecule has 0 aliphatic carbocycles. The Labute approximate surface area is 151 Å². The summed E-state index contributed by atoms with van der Waals surface area (Å²) < 4.78 is 1.35. The van der Waals surface area contributed by atoms with Crippen LogP contribution in [0.25, 0.3) is 10.9 Å². The largest absolute Gasteiger partial charge is 0.354 e. The molecular formula is C19H21N5O2. The molecule has 134 valence electrons. The molecule has 3 aromatic rings. The fourth-order valence-corrected chi connectivity index (χ4v) is 2.84. The van der Waals surface area contributed by atoms with Gasteiger partial charge in [0.1, 0.15) is 11.9 Å². The summed E-state index contributed by atoms with van der Waals surface area (Å²) in [6, 6.07) is 8.34. The summed E-state index contributed by atoms with van der Waals surface area (Å²) in [6.07, 6.45) is 1.95. The Balaban J connectivity index is 1.68. The third-order valence-corrected chi connectivity index (χ3v) is 4.16. The molecule has 2 aromatic heterocycles. The van der Waals surface area contributed by atoms with E-state index in [4.69, 9.17) is 0 Å². The zero-order valence-corrected chi connectivity index (χ0v) is 15.1. The number of rotatable bonds is 5. The van der Waals surface area contributed by atoms with E-state index in [1.807, 2.05) is 26.0 Å². The Bertz CT molecular complexity index is 992. The van der Waals surface area contributed by atoms with Crippen molar-refractivity contribution in [2.24, 2.45) is 0 Å². The van der Waals surface area contributed by atoms with E-state index in [9.17, 15) is 9.59 Å². The maximum Gasteiger partial charge on any atom is 0.261 e. The SMILES string of the molecule is Cc1cc(C)nc(CCNC(=O)[C@H](C)n2cnc3ccccc3c2=O)n1. The summed E-state index contributed by atoms with van der Waals surface area (Å²) >= 11 is 0. The van der Waals surface area contributed by atoms with E-state index in [0.29, 0.717) is 29.7 Å². The van der Waals surface area contributed by atoms with E-state index in [1.165, 1.54) is 10.9 Å². The van der Waals surface area contributed by atoms with Gasteiger partial charge >= 0.3 is 0 Å². The average Bonchev–Trinajstić information content (AvgIpc) is 2.61. The zero-order valence-electron chi connectivity index (χ0n) is 15.1. The first-order chi connectivity index (χ1) is 12.5. The Morgan fingerprint density at radius 3 is 2.62 bits per heavy atom. The van der Waals surface area contributed by atoms with Gasteiger partial charge in [0.2, 0.25) is 5.91 Å².